The van der Waals surface area contributed by atoms with Gasteiger partial charge in [-0.1, -0.05) is 12.1 Å². The molecule has 126 valence electrons. The lowest BCUT2D eigenvalue weighted by Gasteiger charge is -2.27. The first-order chi connectivity index (χ1) is 10.6. The van der Waals surface area contributed by atoms with E-state index in [1.54, 1.807) is 0 Å². The van der Waals surface area contributed by atoms with Gasteiger partial charge in [0.1, 0.15) is 0 Å². The van der Waals surface area contributed by atoms with E-state index in [4.69, 9.17) is 0 Å². The highest BCUT2D eigenvalue weighted by molar-refractivity contribution is 7.93. The summed E-state index contributed by atoms with van der Waals surface area (Å²) in [5, 5.41) is -1.03. The van der Waals surface area contributed by atoms with Crippen molar-refractivity contribution in [3.63, 3.8) is 0 Å². The molecule has 2 unspecified atom stereocenters. The van der Waals surface area contributed by atoms with Gasteiger partial charge < -0.3 is 0 Å². The van der Waals surface area contributed by atoms with Gasteiger partial charge in [-0.25, -0.2) is 8.42 Å². The summed E-state index contributed by atoms with van der Waals surface area (Å²) in [6.07, 6.45) is -2.94. The van der Waals surface area contributed by atoms with Crippen LogP contribution in [0.2, 0.25) is 0 Å². The number of Topliss-reactive ketones (excluding diaryl/α,β-unsaturated/α-hetero) is 1. The minimum Gasteiger partial charge on any atom is -0.294 e. The smallest absolute Gasteiger partial charge is 0.294 e. The van der Waals surface area contributed by atoms with E-state index < -0.39 is 38.0 Å². The number of sulfone groups is 1. The second-order valence-electron chi connectivity index (χ2n) is 6.42. The summed E-state index contributed by atoms with van der Waals surface area (Å²) in [6.45, 7) is 1.30. The monoisotopic (exact) mass is 346 g/mol. The lowest BCUT2D eigenvalue weighted by Crippen LogP contribution is -2.36. The molecule has 0 aromatic heterocycles. The molecule has 3 nitrogen and oxygen atoms in total. The fourth-order valence-electron chi connectivity index (χ4n) is 3.85. The SMILES string of the molecule is Cc1c(C(=O)C2CC3CCC(C2)S3(=O)=O)cccc1C(F)(F)F. The van der Waals surface area contributed by atoms with Gasteiger partial charge in [0.25, 0.3) is 0 Å². The van der Waals surface area contributed by atoms with Crippen LogP contribution in [0, 0.1) is 12.8 Å². The van der Waals surface area contributed by atoms with Crippen molar-refractivity contribution in [3.8, 4) is 0 Å². The molecule has 1 aromatic carbocycles. The Bertz CT molecular complexity index is 732. The number of rotatable bonds is 2. The van der Waals surface area contributed by atoms with E-state index in [9.17, 15) is 26.4 Å². The Balaban J connectivity index is 1.91. The molecule has 0 spiro atoms. The van der Waals surface area contributed by atoms with E-state index in [0.29, 0.717) is 12.8 Å². The number of hydrogen-bond acceptors (Lipinski definition) is 3. The van der Waals surface area contributed by atoms with Crippen LogP contribution in [0.15, 0.2) is 18.2 Å². The van der Waals surface area contributed by atoms with Gasteiger partial charge in [0, 0.05) is 11.5 Å². The Kier molecular flexibility index (Phi) is 3.82. The number of halogens is 3. The highest BCUT2D eigenvalue weighted by atomic mass is 32.2. The van der Waals surface area contributed by atoms with Gasteiger partial charge in [-0.3, -0.25) is 4.79 Å². The van der Waals surface area contributed by atoms with E-state index in [-0.39, 0.29) is 29.8 Å². The molecule has 2 atom stereocenters. The first-order valence-corrected chi connectivity index (χ1v) is 9.17. The number of ketones is 1. The topological polar surface area (TPSA) is 51.2 Å². The Labute approximate surface area is 132 Å². The molecule has 0 N–H and O–H groups in total. The molecule has 2 aliphatic rings. The fourth-order valence-corrected chi connectivity index (χ4v) is 6.33. The molecule has 2 fully saturated rings. The molecule has 23 heavy (non-hydrogen) atoms. The van der Waals surface area contributed by atoms with Gasteiger partial charge >= 0.3 is 6.18 Å². The van der Waals surface area contributed by atoms with Crippen molar-refractivity contribution in [1.82, 2.24) is 0 Å². The fraction of sp³-hybridized carbons (Fsp3) is 0.562. The van der Waals surface area contributed by atoms with Crippen LogP contribution in [-0.4, -0.2) is 24.7 Å². The second-order valence-corrected chi connectivity index (χ2v) is 8.93. The minimum atomic E-state index is -4.50. The predicted octanol–water partition coefficient (Wildman–Crippen LogP) is 3.55. The summed E-state index contributed by atoms with van der Waals surface area (Å²) in [5.41, 5.74) is -0.830. The third kappa shape index (κ3) is 2.69. The van der Waals surface area contributed by atoms with Crippen LogP contribution in [0.25, 0.3) is 0 Å². The standard InChI is InChI=1S/C16H17F3O3S/c1-9-13(3-2-4-14(9)16(17,18)19)15(20)10-7-11-5-6-12(8-10)23(11,21)22/h2-4,10-12H,5-8H2,1H3. The van der Waals surface area contributed by atoms with Gasteiger partial charge in [0.05, 0.1) is 16.1 Å². The van der Waals surface area contributed by atoms with Crippen molar-refractivity contribution < 1.29 is 26.4 Å². The summed E-state index contributed by atoms with van der Waals surface area (Å²) >= 11 is 0. The maximum absolute atomic E-state index is 13.0. The Hall–Kier alpha value is -1.37. The molecule has 2 heterocycles. The first kappa shape index (κ1) is 16.5. The third-order valence-electron chi connectivity index (χ3n) is 5.11. The van der Waals surface area contributed by atoms with E-state index in [1.165, 1.54) is 19.1 Å². The molecular formula is C16H17F3O3S. The van der Waals surface area contributed by atoms with Gasteiger partial charge in [-0.15, -0.1) is 0 Å². The zero-order chi connectivity index (χ0) is 17.0. The molecule has 3 rings (SSSR count). The molecule has 0 radical (unpaired) electrons. The molecule has 1 aromatic rings. The predicted molar refractivity (Wildman–Crippen MR) is 79.0 cm³/mol. The highest BCUT2D eigenvalue weighted by Crippen LogP contribution is 2.43. The van der Waals surface area contributed by atoms with Gasteiger partial charge in [-0.2, -0.15) is 13.2 Å². The van der Waals surface area contributed by atoms with Gasteiger partial charge in [0.2, 0.25) is 0 Å². The lowest BCUT2D eigenvalue weighted by molar-refractivity contribution is -0.138. The number of alkyl halides is 3. The van der Waals surface area contributed by atoms with Crippen LogP contribution in [0.3, 0.4) is 0 Å². The lowest BCUT2D eigenvalue weighted by atomic mass is 9.87. The average molecular weight is 346 g/mol. The number of carbonyl (C=O) groups excluding carboxylic acids is 1. The Morgan fingerprint density at radius 1 is 1.13 bits per heavy atom. The van der Waals surface area contributed by atoms with Gasteiger partial charge in [0.15, 0.2) is 15.6 Å². The molecule has 2 saturated heterocycles. The molecule has 2 bridgehead atoms. The molecule has 0 saturated carbocycles. The normalized spacial score (nSPS) is 29.5. The number of benzene rings is 1. The molecular weight excluding hydrogens is 329 g/mol. The van der Waals surface area contributed by atoms with Crippen LogP contribution < -0.4 is 0 Å². The summed E-state index contributed by atoms with van der Waals surface area (Å²) in [5.74, 6) is -0.862. The zero-order valence-electron chi connectivity index (χ0n) is 12.6. The van der Waals surface area contributed by atoms with Crippen LogP contribution >= 0.6 is 0 Å². The largest absolute Gasteiger partial charge is 0.416 e. The third-order valence-corrected chi connectivity index (χ3v) is 7.82. The first-order valence-electron chi connectivity index (χ1n) is 7.56. The van der Waals surface area contributed by atoms with E-state index >= 15 is 0 Å². The van der Waals surface area contributed by atoms with E-state index in [0.717, 1.165) is 6.07 Å². The number of hydrogen-bond donors (Lipinski definition) is 0. The Morgan fingerprint density at radius 3 is 2.22 bits per heavy atom. The highest BCUT2D eigenvalue weighted by Gasteiger charge is 2.48. The van der Waals surface area contributed by atoms with Crippen LogP contribution in [-0.2, 0) is 16.0 Å². The van der Waals surface area contributed by atoms with Crippen LogP contribution in [0.4, 0.5) is 13.2 Å². The summed E-state index contributed by atoms with van der Waals surface area (Å²) in [4.78, 5) is 12.7. The minimum absolute atomic E-state index is 0.0588. The van der Waals surface area contributed by atoms with Crippen molar-refractivity contribution in [1.29, 1.82) is 0 Å². The second kappa shape index (κ2) is 5.33. The molecule has 7 heteroatoms. The number of carbonyl (C=O) groups is 1. The van der Waals surface area contributed by atoms with Crippen LogP contribution in [0.1, 0.15) is 47.2 Å². The van der Waals surface area contributed by atoms with Crippen molar-refractivity contribution in [2.24, 2.45) is 5.92 Å². The Morgan fingerprint density at radius 2 is 1.70 bits per heavy atom. The molecule has 0 aliphatic carbocycles. The molecule has 0 amide bonds. The van der Waals surface area contributed by atoms with Crippen molar-refractivity contribution in [3.05, 3.63) is 34.9 Å². The number of fused-ring (bicyclic) bond motifs is 2. The maximum atomic E-state index is 13.0. The zero-order valence-corrected chi connectivity index (χ0v) is 13.4. The van der Waals surface area contributed by atoms with E-state index in [1.807, 2.05) is 0 Å². The maximum Gasteiger partial charge on any atom is 0.416 e. The summed E-state index contributed by atoms with van der Waals surface area (Å²) in [7, 11) is -3.15. The average Bonchev–Trinajstić information content (AvgIpc) is 2.65. The van der Waals surface area contributed by atoms with E-state index in [2.05, 4.69) is 0 Å². The van der Waals surface area contributed by atoms with Crippen LogP contribution in [0.5, 0.6) is 0 Å². The van der Waals surface area contributed by atoms with Crippen molar-refractivity contribution in [2.45, 2.75) is 49.3 Å². The summed E-state index contributed by atoms with van der Waals surface area (Å²) < 4.78 is 63.1. The van der Waals surface area contributed by atoms with Gasteiger partial charge in [-0.05, 0) is 44.2 Å². The molecule has 2 aliphatic heterocycles. The van der Waals surface area contributed by atoms with Crippen molar-refractivity contribution >= 4 is 15.6 Å². The summed E-state index contributed by atoms with van der Waals surface area (Å²) in [6, 6.07) is 3.59. The van der Waals surface area contributed by atoms with Crippen molar-refractivity contribution in [2.75, 3.05) is 0 Å². The quantitative estimate of drug-likeness (QED) is 0.770.